The SMILES string of the molecule is CCc1ccc(C2C(N)C(=O)N2c2ccc(F)cc2)cc1. The van der Waals surface area contributed by atoms with Crippen LogP contribution < -0.4 is 10.6 Å². The molecule has 2 aromatic carbocycles. The van der Waals surface area contributed by atoms with Crippen LogP contribution in [-0.2, 0) is 11.2 Å². The first-order chi connectivity index (χ1) is 10.1. The highest BCUT2D eigenvalue weighted by molar-refractivity contribution is 6.05. The molecule has 0 spiro atoms. The van der Waals surface area contributed by atoms with Crippen LogP contribution in [0.5, 0.6) is 0 Å². The summed E-state index contributed by atoms with van der Waals surface area (Å²) in [5.41, 5.74) is 8.88. The molecule has 4 heteroatoms. The van der Waals surface area contributed by atoms with Crippen molar-refractivity contribution >= 4 is 11.6 Å². The van der Waals surface area contributed by atoms with Gasteiger partial charge in [0.15, 0.2) is 0 Å². The fourth-order valence-corrected chi connectivity index (χ4v) is 2.71. The van der Waals surface area contributed by atoms with Crippen LogP contribution in [0, 0.1) is 5.82 Å². The van der Waals surface area contributed by atoms with E-state index in [-0.39, 0.29) is 17.8 Å². The van der Waals surface area contributed by atoms with Crippen molar-refractivity contribution in [2.24, 2.45) is 5.73 Å². The Morgan fingerprint density at radius 2 is 1.71 bits per heavy atom. The van der Waals surface area contributed by atoms with E-state index < -0.39 is 6.04 Å². The van der Waals surface area contributed by atoms with Crippen molar-refractivity contribution in [3.8, 4) is 0 Å². The minimum atomic E-state index is -0.539. The van der Waals surface area contributed by atoms with Gasteiger partial charge in [-0.05, 0) is 41.8 Å². The lowest BCUT2D eigenvalue weighted by molar-refractivity contribution is -0.126. The Morgan fingerprint density at radius 1 is 1.10 bits per heavy atom. The molecule has 1 saturated heterocycles. The summed E-state index contributed by atoms with van der Waals surface area (Å²) in [6.07, 6.45) is 0.970. The van der Waals surface area contributed by atoms with Crippen LogP contribution >= 0.6 is 0 Å². The van der Waals surface area contributed by atoms with Gasteiger partial charge in [0.1, 0.15) is 11.9 Å². The lowest BCUT2D eigenvalue weighted by atomic mass is 9.88. The summed E-state index contributed by atoms with van der Waals surface area (Å²) in [4.78, 5) is 13.7. The molecule has 0 saturated carbocycles. The van der Waals surface area contributed by atoms with Gasteiger partial charge in [-0.2, -0.15) is 0 Å². The molecule has 21 heavy (non-hydrogen) atoms. The lowest BCUT2D eigenvalue weighted by Gasteiger charge is -2.45. The second kappa shape index (κ2) is 5.30. The summed E-state index contributed by atoms with van der Waals surface area (Å²) in [5, 5.41) is 0. The van der Waals surface area contributed by atoms with E-state index in [4.69, 9.17) is 5.73 Å². The van der Waals surface area contributed by atoms with Gasteiger partial charge in [-0.1, -0.05) is 31.2 Å². The van der Waals surface area contributed by atoms with Gasteiger partial charge in [0.25, 0.3) is 0 Å². The van der Waals surface area contributed by atoms with Crippen LogP contribution in [0.3, 0.4) is 0 Å². The molecule has 2 unspecified atom stereocenters. The highest BCUT2D eigenvalue weighted by Crippen LogP contribution is 2.38. The first-order valence-corrected chi connectivity index (χ1v) is 7.05. The maximum absolute atomic E-state index is 13.0. The molecule has 2 N–H and O–H groups in total. The Balaban J connectivity index is 1.92. The maximum atomic E-state index is 13.0. The highest BCUT2D eigenvalue weighted by Gasteiger charge is 2.46. The molecule has 2 aromatic rings. The van der Waals surface area contributed by atoms with E-state index in [9.17, 15) is 9.18 Å². The first kappa shape index (κ1) is 13.8. The number of β-lactam (4-membered cyclic amide) rings is 1. The summed E-state index contributed by atoms with van der Waals surface area (Å²) in [6.45, 7) is 2.10. The molecule has 0 aromatic heterocycles. The molecular formula is C17H17FN2O. The van der Waals surface area contributed by atoms with E-state index in [2.05, 4.69) is 6.92 Å². The third-order valence-corrected chi connectivity index (χ3v) is 3.98. The molecule has 1 heterocycles. The number of rotatable bonds is 3. The van der Waals surface area contributed by atoms with Crippen LogP contribution in [0.2, 0.25) is 0 Å². The largest absolute Gasteiger partial charge is 0.318 e. The first-order valence-electron chi connectivity index (χ1n) is 7.05. The summed E-state index contributed by atoms with van der Waals surface area (Å²) in [7, 11) is 0. The topological polar surface area (TPSA) is 46.3 Å². The van der Waals surface area contributed by atoms with Crippen molar-refractivity contribution in [1.29, 1.82) is 0 Å². The second-order valence-electron chi connectivity index (χ2n) is 5.25. The summed E-state index contributed by atoms with van der Waals surface area (Å²) in [6, 6.07) is 13.3. The van der Waals surface area contributed by atoms with Gasteiger partial charge >= 0.3 is 0 Å². The molecule has 0 radical (unpaired) electrons. The Kier molecular flexibility index (Phi) is 3.47. The third-order valence-electron chi connectivity index (χ3n) is 3.98. The molecule has 2 atom stereocenters. The van der Waals surface area contributed by atoms with Crippen LogP contribution in [0.4, 0.5) is 10.1 Å². The number of hydrogen-bond acceptors (Lipinski definition) is 2. The van der Waals surface area contributed by atoms with Crippen molar-refractivity contribution in [3.05, 3.63) is 65.5 Å². The summed E-state index contributed by atoms with van der Waals surface area (Å²) in [5.74, 6) is -0.453. The van der Waals surface area contributed by atoms with E-state index >= 15 is 0 Å². The maximum Gasteiger partial charge on any atom is 0.247 e. The molecular weight excluding hydrogens is 267 g/mol. The minimum Gasteiger partial charge on any atom is -0.318 e. The highest BCUT2D eigenvalue weighted by atomic mass is 19.1. The van der Waals surface area contributed by atoms with E-state index in [0.717, 1.165) is 12.0 Å². The van der Waals surface area contributed by atoms with Gasteiger partial charge in [-0.15, -0.1) is 0 Å². The smallest absolute Gasteiger partial charge is 0.247 e. The van der Waals surface area contributed by atoms with Gasteiger partial charge in [-0.3, -0.25) is 4.79 Å². The van der Waals surface area contributed by atoms with Crippen LogP contribution in [0.1, 0.15) is 24.1 Å². The number of nitrogens with zero attached hydrogens (tertiary/aromatic N) is 1. The molecule has 1 amide bonds. The van der Waals surface area contributed by atoms with Crippen molar-refractivity contribution in [2.45, 2.75) is 25.4 Å². The number of anilines is 1. The van der Waals surface area contributed by atoms with Crippen LogP contribution in [-0.4, -0.2) is 11.9 Å². The number of nitrogens with two attached hydrogens (primary N) is 1. The lowest BCUT2D eigenvalue weighted by Crippen LogP contribution is -2.63. The van der Waals surface area contributed by atoms with E-state index in [1.807, 2.05) is 24.3 Å². The monoisotopic (exact) mass is 284 g/mol. The van der Waals surface area contributed by atoms with Gasteiger partial charge in [0.05, 0.1) is 6.04 Å². The predicted molar refractivity (Wildman–Crippen MR) is 80.4 cm³/mol. The predicted octanol–water partition coefficient (Wildman–Crippen LogP) is 2.80. The quantitative estimate of drug-likeness (QED) is 0.881. The van der Waals surface area contributed by atoms with E-state index in [0.29, 0.717) is 5.69 Å². The number of hydrogen-bond donors (Lipinski definition) is 1. The summed E-state index contributed by atoms with van der Waals surface area (Å²) < 4.78 is 13.0. The van der Waals surface area contributed by atoms with Crippen LogP contribution in [0.15, 0.2) is 48.5 Å². The van der Waals surface area contributed by atoms with Crippen molar-refractivity contribution < 1.29 is 9.18 Å². The van der Waals surface area contributed by atoms with Crippen molar-refractivity contribution in [2.75, 3.05) is 4.90 Å². The molecule has 0 aliphatic carbocycles. The number of aryl methyl sites for hydroxylation is 1. The molecule has 3 nitrogen and oxygen atoms in total. The molecule has 1 fully saturated rings. The van der Waals surface area contributed by atoms with Gasteiger partial charge in [0.2, 0.25) is 5.91 Å². The zero-order chi connectivity index (χ0) is 15.0. The van der Waals surface area contributed by atoms with Gasteiger partial charge in [0, 0.05) is 5.69 Å². The molecule has 1 aliphatic heterocycles. The van der Waals surface area contributed by atoms with E-state index in [1.165, 1.54) is 17.7 Å². The molecule has 3 rings (SSSR count). The number of amides is 1. The Labute approximate surface area is 123 Å². The average molecular weight is 284 g/mol. The Morgan fingerprint density at radius 3 is 2.29 bits per heavy atom. The zero-order valence-corrected chi connectivity index (χ0v) is 11.8. The molecule has 0 bridgehead atoms. The van der Waals surface area contributed by atoms with Crippen molar-refractivity contribution in [1.82, 2.24) is 0 Å². The number of carbonyl (C=O) groups is 1. The second-order valence-corrected chi connectivity index (χ2v) is 5.25. The zero-order valence-electron chi connectivity index (χ0n) is 11.8. The van der Waals surface area contributed by atoms with Crippen molar-refractivity contribution in [3.63, 3.8) is 0 Å². The fourth-order valence-electron chi connectivity index (χ4n) is 2.71. The molecule has 1 aliphatic rings. The minimum absolute atomic E-state index is 0.133. The normalized spacial score (nSPS) is 21.3. The number of carbonyl (C=O) groups excluding carboxylic acids is 1. The molecule has 108 valence electrons. The van der Waals surface area contributed by atoms with Gasteiger partial charge in [-0.25, -0.2) is 4.39 Å². The standard InChI is InChI=1S/C17H17FN2O/c1-2-11-3-5-12(6-4-11)16-15(19)17(21)20(16)14-9-7-13(18)8-10-14/h3-10,15-16H,2,19H2,1H3. The Hall–Kier alpha value is -2.20. The third kappa shape index (κ3) is 2.32. The van der Waals surface area contributed by atoms with E-state index in [1.54, 1.807) is 17.0 Å². The summed E-state index contributed by atoms with van der Waals surface area (Å²) >= 11 is 0. The number of benzene rings is 2. The number of halogens is 1. The van der Waals surface area contributed by atoms with Crippen LogP contribution in [0.25, 0.3) is 0 Å². The average Bonchev–Trinajstić information content (AvgIpc) is 2.53. The van der Waals surface area contributed by atoms with Gasteiger partial charge < -0.3 is 10.6 Å². The fraction of sp³-hybridized carbons (Fsp3) is 0.235. The Bertz CT molecular complexity index is 651.